The van der Waals surface area contributed by atoms with Gasteiger partial charge in [0, 0.05) is 12.8 Å². The first-order valence-corrected chi connectivity index (χ1v) is 13.1. The standard InChI is InChI=1S/C12H15OS.C10H7F5O5S/c13-12-7-4-9-14(12)10-8-11-5-2-1-3-6-11;11-9(12,13)8(10(14,15)21(17,18)19)20-7(16)6-4-2-1-3-5-6/h1-3,5-6H,4,7-10H2;1-5,8H,(H,17,18,19)/q+1;/p-1. The van der Waals surface area contributed by atoms with Gasteiger partial charge in [0.15, 0.2) is 10.1 Å². The maximum atomic E-state index is 13.1. The van der Waals surface area contributed by atoms with E-state index in [1.54, 1.807) is 0 Å². The molecule has 1 saturated heterocycles. The van der Waals surface area contributed by atoms with E-state index in [9.17, 15) is 44.5 Å². The summed E-state index contributed by atoms with van der Waals surface area (Å²) in [6.45, 7) is 0. The number of alkyl halides is 5. The van der Waals surface area contributed by atoms with Crippen molar-refractivity contribution in [1.82, 2.24) is 0 Å². The molecule has 2 unspecified atom stereocenters. The summed E-state index contributed by atoms with van der Waals surface area (Å²) in [5, 5.41) is -5.34. The summed E-state index contributed by atoms with van der Waals surface area (Å²) in [6.07, 6.45) is -7.34. The van der Waals surface area contributed by atoms with E-state index in [0.717, 1.165) is 42.9 Å². The number of carbonyl (C=O) groups excluding carboxylic acids is 2. The average molecular weight is 541 g/mol. The fourth-order valence-corrected chi connectivity index (χ4v) is 5.47. The number of benzene rings is 2. The average Bonchev–Trinajstić information content (AvgIpc) is 3.20. The van der Waals surface area contributed by atoms with Gasteiger partial charge in [-0.2, -0.15) is 22.0 Å². The van der Waals surface area contributed by atoms with E-state index < -0.39 is 39.2 Å². The Morgan fingerprint density at radius 2 is 1.54 bits per heavy atom. The fraction of sp³-hybridized carbons (Fsp3) is 0.364. The molecule has 0 amide bonds. The van der Waals surface area contributed by atoms with Crippen LogP contribution < -0.4 is 0 Å². The molecule has 0 aromatic heterocycles. The normalized spacial score (nSPS) is 17.3. The molecule has 0 aliphatic carbocycles. The van der Waals surface area contributed by atoms with Crippen molar-refractivity contribution in [3.8, 4) is 0 Å². The molecule has 1 aliphatic rings. The number of rotatable bonds is 7. The summed E-state index contributed by atoms with van der Waals surface area (Å²) >= 11 is 0. The SMILES string of the molecule is O=C(OC(C(F)(F)F)C(F)(F)S(=O)(=O)[O-])c1ccccc1.O=C1CCC[S+]1CCc1ccccc1. The predicted molar refractivity (Wildman–Crippen MR) is 118 cm³/mol. The molecule has 0 radical (unpaired) electrons. The number of hydrogen-bond donors (Lipinski definition) is 0. The first-order valence-electron chi connectivity index (χ1n) is 10.1. The second-order valence-electron chi connectivity index (χ2n) is 7.32. The van der Waals surface area contributed by atoms with Crippen molar-refractivity contribution in [3.05, 3.63) is 71.8 Å². The zero-order valence-electron chi connectivity index (χ0n) is 18.0. The summed E-state index contributed by atoms with van der Waals surface area (Å²) in [5.41, 5.74) is 0.838. The van der Waals surface area contributed by atoms with Crippen LogP contribution in [0.25, 0.3) is 0 Å². The Kier molecular flexibility index (Phi) is 9.81. The Morgan fingerprint density at radius 3 is 2.00 bits per heavy atom. The third kappa shape index (κ3) is 8.29. The van der Waals surface area contributed by atoms with Crippen molar-refractivity contribution < 1.29 is 49.2 Å². The van der Waals surface area contributed by atoms with Crippen molar-refractivity contribution in [3.63, 3.8) is 0 Å². The molecule has 35 heavy (non-hydrogen) atoms. The van der Waals surface area contributed by atoms with Crippen molar-refractivity contribution in [2.45, 2.75) is 36.8 Å². The van der Waals surface area contributed by atoms with Gasteiger partial charge in [-0.15, -0.1) is 0 Å². The summed E-state index contributed by atoms with van der Waals surface area (Å²) < 4.78 is 97.8. The molecule has 0 N–H and O–H groups in total. The van der Waals surface area contributed by atoms with Gasteiger partial charge >= 0.3 is 22.5 Å². The Balaban J connectivity index is 0.000000266. The van der Waals surface area contributed by atoms with E-state index in [4.69, 9.17) is 0 Å². The summed E-state index contributed by atoms with van der Waals surface area (Å²) in [6, 6.07) is 16.2. The topological polar surface area (TPSA) is 101 Å². The molecule has 1 aliphatic heterocycles. The van der Waals surface area contributed by atoms with Gasteiger partial charge in [0.2, 0.25) is 0 Å². The van der Waals surface area contributed by atoms with Crippen LogP contribution in [-0.2, 0) is 37.0 Å². The van der Waals surface area contributed by atoms with E-state index in [2.05, 4.69) is 29.0 Å². The maximum absolute atomic E-state index is 13.1. The lowest BCUT2D eigenvalue weighted by atomic mass is 10.2. The lowest BCUT2D eigenvalue weighted by Gasteiger charge is -2.29. The third-order valence-electron chi connectivity index (χ3n) is 4.74. The number of aryl methyl sites for hydroxylation is 1. The maximum Gasteiger partial charge on any atom is 0.432 e. The molecule has 2 aromatic carbocycles. The Labute approximate surface area is 201 Å². The van der Waals surface area contributed by atoms with Crippen LogP contribution in [0.4, 0.5) is 22.0 Å². The van der Waals surface area contributed by atoms with E-state index in [0.29, 0.717) is 5.12 Å². The van der Waals surface area contributed by atoms with Crippen LogP contribution in [0.15, 0.2) is 60.7 Å². The summed E-state index contributed by atoms with van der Waals surface area (Å²) in [4.78, 5) is 22.7. The zero-order chi connectivity index (χ0) is 26.3. The van der Waals surface area contributed by atoms with Crippen LogP contribution in [0.3, 0.4) is 0 Å². The Morgan fingerprint density at radius 1 is 1.00 bits per heavy atom. The Bertz CT molecular complexity index is 1090. The number of ether oxygens (including phenoxy) is 1. The minimum Gasteiger partial charge on any atom is -0.743 e. The molecule has 0 spiro atoms. The largest absolute Gasteiger partial charge is 0.743 e. The molecule has 6 nitrogen and oxygen atoms in total. The molecule has 1 fully saturated rings. The smallest absolute Gasteiger partial charge is 0.432 e. The van der Waals surface area contributed by atoms with Gasteiger partial charge in [0.25, 0.3) is 6.10 Å². The second kappa shape index (κ2) is 12.0. The number of halogens is 5. The molecule has 1 heterocycles. The molecule has 0 saturated carbocycles. The van der Waals surface area contributed by atoms with Crippen LogP contribution in [0.1, 0.15) is 28.8 Å². The number of hydrogen-bond acceptors (Lipinski definition) is 6. The first kappa shape index (κ1) is 28.7. The molecule has 3 rings (SSSR count). The fourth-order valence-electron chi connectivity index (χ4n) is 2.96. The lowest BCUT2D eigenvalue weighted by Crippen LogP contribution is -2.52. The van der Waals surface area contributed by atoms with E-state index in [1.165, 1.54) is 23.8 Å². The summed E-state index contributed by atoms with van der Waals surface area (Å²) in [7, 11) is -6.60. The third-order valence-corrected chi connectivity index (χ3v) is 7.95. The number of carbonyl (C=O) groups is 2. The van der Waals surface area contributed by atoms with Gasteiger partial charge in [-0.3, -0.25) is 0 Å². The molecule has 192 valence electrons. The van der Waals surface area contributed by atoms with Gasteiger partial charge in [0.1, 0.15) is 11.5 Å². The van der Waals surface area contributed by atoms with Gasteiger partial charge in [0.05, 0.1) is 22.9 Å². The quantitative estimate of drug-likeness (QED) is 0.227. The van der Waals surface area contributed by atoms with E-state index in [1.807, 2.05) is 6.07 Å². The van der Waals surface area contributed by atoms with Crippen molar-refractivity contribution >= 4 is 32.1 Å². The van der Waals surface area contributed by atoms with Crippen molar-refractivity contribution in [2.24, 2.45) is 0 Å². The van der Waals surface area contributed by atoms with Crippen LogP contribution in [-0.4, -0.2) is 53.1 Å². The molecular weight excluding hydrogens is 519 g/mol. The molecule has 0 bridgehead atoms. The second-order valence-corrected chi connectivity index (χ2v) is 11.0. The Hall–Kier alpha value is -2.51. The van der Waals surface area contributed by atoms with Crippen LogP contribution in [0.2, 0.25) is 0 Å². The first-order chi connectivity index (χ1) is 16.2. The highest BCUT2D eigenvalue weighted by Crippen LogP contribution is 2.38. The molecular formula is C22H21F5O6S2. The minimum absolute atomic E-state index is 0.0886. The monoisotopic (exact) mass is 540 g/mol. The van der Waals surface area contributed by atoms with Gasteiger partial charge in [-0.25, -0.2) is 18.0 Å². The highest BCUT2D eigenvalue weighted by Gasteiger charge is 2.63. The number of esters is 1. The lowest BCUT2D eigenvalue weighted by molar-refractivity contribution is -0.248. The van der Waals surface area contributed by atoms with Crippen LogP contribution >= 0.6 is 0 Å². The van der Waals surface area contributed by atoms with Gasteiger partial charge in [-0.1, -0.05) is 48.5 Å². The molecule has 2 atom stereocenters. The molecule has 2 aromatic rings. The van der Waals surface area contributed by atoms with Crippen molar-refractivity contribution in [1.29, 1.82) is 0 Å². The van der Waals surface area contributed by atoms with Crippen LogP contribution in [0.5, 0.6) is 0 Å². The van der Waals surface area contributed by atoms with Gasteiger partial charge in [-0.05, 0) is 17.7 Å². The van der Waals surface area contributed by atoms with Gasteiger partial charge < -0.3 is 9.29 Å². The van der Waals surface area contributed by atoms with Crippen molar-refractivity contribution in [2.75, 3.05) is 11.5 Å². The summed E-state index contributed by atoms with van der Waals surface area (Å²) in [5.74, 6) is 0.371. The van der Waals surface area contributed by atoms with E-state index >= 15 is 0 Å². The predicted octanol–water partition coefficient (Wildman–Crippen LogP) is 4.08. The highest BCUT2D eigenvalue weighted by atomic mass is 32.2. The van der Waals surface area contributed by atoms with Crippen LogP contribution in [0, 0.1) is 0 Å². The van der Waals surface area contributed by atoms with E-state index in [-0.39, 0.29) is 10.9 Å². The minimum atomic E-state index is -6.69. The zero-order valence-corrected chi connectivity index (χ0v) is 19.7. The molecule has 13 heteroatoms. The highest BCUT2D eigenvalue weighted by molar-refractivity contribution is 8.11.